The number of hydrogen-bond acceptors (Lipinski definition) is 6. The number of methoxy groups -OCH3 is 1. The monoisotopic (exact) mass is 306 g/mol. The van der Waals surface area contributed by atoms with E-state index in [1.54, 1.807) is 0 Å². The molecule has 1 aromatic rings. The van der Waals surface area contributed by atoms with Crippen LogP contribution in [0.4, 0.5) is 11.5 Å². The summed E-state index contributed by atoms with van der Waals surface area (Å²) in [5, 5.41) is 14.7. The zero-order valence-corrected chi connectivity index (χ0v) is 12.9. The highest BCUT2D eigenvalue weighted by Gasteiger charge is 2.33. The molecule has 0 atom stereocenters. The first-order chi connectivity index (χ1) is 10.7. The van der Waals surface area contributed by atoms with E-state index in [0.29, 0.717) is 17.6 Å². The minimum atomic E-state index is -0.450. The summed E-state index contributed by atoms with van der Waals surface area (Å²) in [5.74, 6) is 1.38. The molecule has 0 radical (unpaired) electrons. The van der Waals surface area contributed by atoms with Crippen LogP contribution >= 0.6 is 0 Å². The quantitative estimate of drug-likeness (QED) is 0.509. The molecular formula is C15H22N4O3. The molecule has 120 valence electrons. The molecule has 0 aliphatic heterocycles. The minimum Gasteiger partial charge on any atom is -0.476 e. The molecule has 2 aliphatic rings. The van der Waals surface area contributed by atoms with Crippen molar-refractivity contribution in [3.63, 3.8) is 0 Å². The van der Waals surface area contributed by atoms with E-state index in [0.717, 1.165) is 38.5 Å². The first kappa shape index (κ1) is 15.0. The van der Waals surface area contributed by atoms with Crippen LogP contribution in [0.2, 0.25) is 0 Å². The summed E-state index contributed by atoms with van der Waals surface area (Å²) >= 11 is 0. The molecule has 2 saturated carbocycles. The summed E-state index contributed by atoms with van der Waals surface area (Å²) < 4.78 is 5.15. The second-order valence-corrected chi connectivity index (χ2v) is 6.15. The van der Waals surface area contributed by atoms with Crippen molar-refractivity contribution < 1.29 is 9.66 Å². The molecule has 0 saturated heterocycles. The molecule has 2 fully saturated rings. The Kier molecular flexibility index (Phi) is 4.40. The van der Waals surface area contributed by atoms with Crippen molar-refractivity contribution in [1.82, 2.24) is 9.97 Å². The van der Waals surface area contributed by atoms with Gasteiger partial charge < -0.3 is 10.1 Å². The Morgan fingerprint density at radius 2 is 1.82 bits per heavy atom. The summed E-state index contributed by atoms with van der Waals surface area (Å²) in [5.41, 5.74) is -0.142. The maximum atomic E-state index is 11.4. The normalized spacial score (nSPS) is 19.5. The van der Waals surface area contributed by atoms with Gasteiger partial charge in [-0.05, 0) is 25.7 Å². The van der Waals surface area contributed by atoms with E-state index < -0.39 is 4.92 Å². The third-order valence-electron chi connectivity index (χ3n) is 4.38. The molecule has 2 aliphatic carbocycles. The summed E-state index contributed by atoms with van der Waals surface area (Å²) in [6, 6.07) is 0.243. The standard InChI is InChI=1S/C15H22N4O3/c1-22-15-12(19(20)21)14(17-13(18-15)10-8-9-10)16-11-6-4-2-3-5-7-11/h10-11H,2-9H2,1H3,(H,16,17,18). The van der Waals surface area contributed by atoms with Crippen LogP contribution in [0, 0.1) is 10.1 Å². The molecule has 22 heavy (non-hydrogen) atoms. The Morgan fingerprint density at radius 1 is 1.14 bits per heavy atom. The van der Waals surface area contributed by atoms with Crippen LogP contribution in [-0.2, 0) is 0 Å². The van der Waals surface area contributed by atoms with Crippen LogP contribution in [-0.4, -0.2) is 28.0 Å². The van der Waals surface area contributed by atoms with E-state index in [1.807, 2.05) is 0 Å². The maximum Gasteiger partial charge on any atom is 0.372 e. The zero-order chi connectivity index (χ0) is 15.5. The van der Waals surface area contributed by atoms with Crippen LogP contribution in [0.1, 0.15) is 63.1 Å². The Hall–Kier alpha value is -1.92. The van der Waals surface area contributed by atoms with Crippen molar-refractivity contribution in [2.75, 3.05) is 12.4 Å². The average Bonchev–Trinajstić information content (AvgIpc) is 3.33. The van der Waals surface area contributed by atoms with Gasteiger partial charge in [-0.2, -0.15) is 4.98 Å². The van der Waals surface area contributed by atoms with Gasteiger partial charge in [-0.25, -0.2) is 4.98 Å². The highest BCUT2D eigenvalue weighted by molar-refractivity contribution is 5.62. The van der Waals surface area contributed by atoms with Gasteiger partial charge in [0.15, 0.2) is 0 Å². The lowest BCUT2D eigenvalue weighted by Crippen LogP contribution is -2.21. The molecule has 7 nitrogen and oxygen atoms in total. The molecule has 1 aromatic heterocycles. The second kappa shape index (κ2) is 6.46. The SMILES string of the molecule is COc1nc(C2CC2)nc(NC2CCCCCC2)c1[N+](=O)[O-]. The number of nitrogens with one attached hydrogen (secondary N) is 1. The van der Waals surface area contributed by atoms with Crippen molar-refractivity contribution in [3.8, 4) is 5.88 Å². The van der Waals surface area contributed by atoms with Crippen molar-refractivity contribution >= 4 is 11.5 Å². The van der Waals surface area contributed by atoms with Crippen LogP contribution in [0.15, 0.2) is 0 Å². The minimum absolute atomic E-state index is 0.0676. The van der Waals surface area contributed by atoms with Gasteiger partial charge in [0.25, 0.3) is 5.88 Å². The Morgan fingerprint density at radius 3 is 2.36 bits per heavy atom. The predicted molar refractivity (Wildman–Crippen MR) is 82.3 cm³/mol. The van der Waals surface area contributed by atoms with E-state index >= 15 is 0 Å². The topological polar surface area (TPSA) is 90.2 Å². The summed E-state index contributed by atoms with van der Waals surface area (Å²) in [6.45, 7) is 0. The number of rotatable bonds is 5. The molecule has 0 amide bonds. The van der Waals surface area contributed by atoms with Gasteiger partial charge in [0.1, 0.15) is 5.82 Å². The lowest BCUT2D eigenvalue weighted by atomic mass is 10.1. The van der Waals surface area contributed by atoms with E-state index in [-0.39, 0.29) is 17.6 Å². The zero-order valence-electron chi connectivity index (χ0n) is 12.9. The fourth-order valence-electron chi connectivity index (χ4n) is 3.00. The van der Waals surface area contributed by atoms with Gasteiger partial charge in [0.05, 0.1) is 12.0 Å². The number of aromatic nitrogens is 2. The number of anilines is 1. The molecule has 0 bridgehead atoms. The van der Waals surface area contributed by atoms with Crippen molar-refractivity contribution in [2.24, 2.45) is 0 Å². The highest BCUT2D eigenvalue weighted by atomic mass is 16.6. The molecule has 3 rings (SSSR count). The van der Waals surface area contributed by atoms with Gasteiger partial charge in [0.2, 0.25) is 5.82 Å². The Bertz CT molecular complexity index is 552. The van der Waals surface area contributed by atoms with E-state index in [1.165, 1.54) is 20.0 Å². The number of nitrogens with zero attached hydrogens (tertiary/aromatic N) is 3. The van der Waals surface area contributed by atoms with E-state index in [9.17, 15) is 10.1 Å². The lowest BCUT2D eigenvalue weighted by molar-refractivity contribution is -0.385. The van der Waals surface area contributed by atoms with Gasteiger partial charge in [-0.1, -0.05) is 25.7 Å². The average molecular weight is 306 g/mol. The summed E-state index contributed by atoms with van der Waals surface area (Å²) in [7, 11) is 1.42. The molecule has 0 spiro atoms. The smallest absolute Gasteiger partial charge is 0.372 e. The van der Waals surface area contributed by atoms with Crippen molar-refractivity contribution in [2.45, 2.75) is 63.3 Å². The highest BCUT2D eigenvalue weighted by Crippen LogP contribution is 2.42. The fourth-order valence-corrected chi connectivity index (χ4v) is 3.00. The van der Waals surface area contributed by atoms with Crippen molar-refractivity contribution in [3.05, 3.63) is 15.9 Å². The van der Waals surface area contributed by atoms with E-state index in [2.05, 4.69) is 15.3 Å². The van der Waals surface area contributed by atoms with Crippen molar-refractivity contribution in [1.29, 1.82) is 0 Å². The van der Waals surface area contributed by atoms with Crippen LogP contribution in [0.5, 0.6) is 5.88 Å². The second-order valence-electron chi connectivity index (χ2n) is 6.15. The van der Waals surface area contributed by atoms with Crippen LogP contribution in [0.3, 0.4) is 0 Å². The predicted octanol–water partition coefficient (Wildman–Crippen LogP) is 3.41. The molecule has 1 N–H and O–H groups in total. The van der Waals surface area contributed by atoms with E-state index in [4.69, 9.17) is 4.74 Å². The van der Waals surface area contributed by atoms with Gasteiger partial charge in [-0.3, -0.25) is 10.1 Å². The molecule has 7 heteroatoms. The lowest BCUT2D eigenvalue weighted by Gasteiger charge is -2.17. The summed E-state index contributed by atoms with van der Waals surface area (Å²) in [4.78, 5) is 19.6. The Balaban J connectivity index is 1.91. The number of nitro groups is 1. The molecule has 1 heterocycles. The first-order valence-corrected chi connectivity index (χ1v) is 8.06. The number of hydrogen-bond donors (Lipinski definition) is 1. The van der Waals surface area contributed by atoms with Crippen LogP contribution < -0.4 is 10.1 Å². The van der Waals surface area contributed by atoms with Gasteiger partial charge >= 0.3 is 5.69 Å². The van der Waals surface area contributed by atoms with Crippen LogP contribution in [0.25, 0.3) is 0 Å². The third-order valence-corrected chi connectivity index (χ3v) is 4.38. The summed E-state index contributed by atoms with van der Waals surface area (Å²) in [6.07, 6.45) is 8.94. The molecule has 0 aromatic carbocycles. The Labute approximate surface area is 129 Å². The molecular weight excluding hydrogens is 284 g/mol. The van der Waals surface area contributed by atoms with Gasteiger partial charge in [-0.15, -0.1) is 0 Å². The van der Waals surface area contributed by atoms with Gasteiger partial charge in [0, 0.05) is 12.0 Å². The maximum absolute atomic E-state index is 11.4. The molecule has 0 unspecified atom stereocenters. The number of ether oxygens (including phenoxy) is 1. The third kappa shape index (κ3) is 3.28. The first-order valence-electron chi connectivity index (χ1n) is 8.06. The largest absolute Gasteiger partial charge is 0.476 e. The fraction of sp³-hybridized carbons (Fsp3) is 0.733.